The van der Waals surface area contributed by atoms with E-state index in [1.807, 2.05) is 43.6 Å². The minimum absolute atomic E-state index is 0.0926. The molecule has 0 radical (unpaired) electrons. The number of nitrogens with zero attached hydrogens (tertiary/aromatic N) is 4. The first-order chi connectivity index (χ1) is 15.4. The van der Waals surface area contributed by atoms with Crippen molar-refractivity contribution in [2.45, 2.75) is 25.6 Å². The molecule has 1 fully saturated rings. The molecule has 4 rings (SSSR count). The monoisotopic (exact) mass is 436 g/mol. The van der Waals surface area contributed by atoms with E-state index in [2.05, 4.69) is 5.10 Å². The molecule has 3 aromatic rings. The van der Waals surface area contributed by atoms with Gasteiger partial charge >= 0.3 is 0 Å². The fraction of sp³-hybridized carbons (Fsp3) is 0.375. The van der Waals surface area contributed by atoms with Gasteiger partial charge in [0.25, 0.3) is 5.91 Å². The molecule has 1 aliphatic heterocycles. The predicted octanol–water partition coefficient (Wildman–Crippen LogP) is 3.25. The Kier molecular flexibility index (Phi) is 6.14. The number of morpholine rings is 1. The molecule has 8 heteroatoms. The summed E-state index contributed by atoms with van der Waals surface area (Å²) in [4.78, 5) is 19.9. The Hall–Kier alpha value is -3.39. The average Bonchev–Trinajstić information content (AvgIpc) is 3.25. The van der Waals surface area contributed by atoms with Crippen LogP contribution in [0.2, 0.25) is 0 Å². The fourth-order valence-corrected chi connectivity index (χ4v) is 3.72. The summed E-state index contributed by atoms with van der Waals surface area (Å²) in [6.07, 6.45) is 3.40. The summed E-state index contributed by atoms with van der Waals surface area (Å²) in [5, 5.41) is 4.21. The highest BCUT2D eigenvalue weighted by molar-refractivity contribution is 5.85. The van der Waals surface area contributed by atoms with Crippen LogP contribution in [0.15, 0.2) is 54.9 Å². The Morgan fingerprint density at radius 2 is 1.91 bits per heavy atom. The van der Waals surface area contributed by atoms with Crippen LogP contribution in [0.3, 0.4) is 0 Å². The van der Waals surface area contributed by atoms with E-state index >= 15 is 0 Å². The summed E-state index contributed by atoms with van der Waals surface area (Å²) in [7, 11) is 3.48. The first-order valence-corrected chi connectivity index (χ1v) is 10.6. The second-order valence-corrected chi connectivity index (χ2v) is 8.25. The lowest BCUT2D eigenvalue weighted by Crippen LogP contribution is -2.53. The molecule has 1 atom stereocenters. The Labute approximate surface area is 187 Å². The molecule has 1 saturated heterocycles. The quantitative estimate of drug-likeness (QED) is 0.590. The van der Waals surface area contributed by atoms with Crippen LogP contribution in [0, 0.1) is 0 Å². The van der Waals surface area contributed by atoms with Crippen molar-refractivity contribution in [3.63, 3.8) is 0 Å². The van der Waals surface area contributed by atoms with Gasteiger partial charge in [0.1, 0.15) is 17.6 Å². The number of aryl methyl sites for hydroxylation is 1. The highest BCUT2D eigenvalue weighted by Crippen LogP contribution is 2.27. The van der Waals surface area contributed by atoms with Crippen LogP contribution in [-0.2, 0) is 16.6 Å². The molecular weight excluding hydrogens is 408 g/mol. The maximum absolute atomic E-state index is 13.3. The van der Waals surface area contributed by atoms with Crippen LogP contribution in [0.5, 0.6) is 11.5 Å². The van der Waals surface area contributed by atoms with Crippen molar-refractivity contribution < 1.29 is 19.0 Å². The molecule has 3 heterocycles. The van der Waals surface area contributed by atoms with Gasteiger partial charge in [0.05, 0.1) is 37.8 Å². The van der Waals surface area contributed by atoms with Gasteiger partial charge in [-0.2, -0.15) is 5.10 Å². The number of rotatable bonds is 6. The molecule has 1 aromatic carbocycles. The minimum atomic E-state index is -1.03. The van der Waals surface area contributed by atoms with E-state index in [1.165, 1.54) is 0 Å². The van der Waals surface area contributed by atoms with Crippen LogP contribution < -0.4 is 9.47 Å². The van der Waals surface area contributed by atoms with Crippen LogP contribution in [0.25, 0.3) is 11.3 Å². The van der Waals surface area contributed by atoms with Gasteiger partial charge in [0.2, 0.25) is 0 Å². The van der Waals surface area contributed by atoms with E-state index in [1.54, 1.807) is 48.9 Å². The Morgan fingerprint density at radius 1 is 1.16 bits per heavy atom. The van der Waals surface area contributed by atoms with Crippen LogP contribution in [-0.4, -0.2) is 58.0 Å². The summed E-state index contributed by atoms with van der Waals surface area (Å²) in [5.74, 6) is 1.25. The number of amides is 1. The maximum Gasteiger partial charge on any atom is 0.266 e. The lowest BCUT2D eigenvalue weighted by molar-refractivity contribution is -0.153. The number of hydrogen-bond donors (Lipinski definition) is 0. The number of pyridine rings is 1. The van der Waals surface area contributed by atoms with E-state index in [9.17, 15) is 4.79 Å². The fourth-order valence-electron chi connectivity index (χ4n) is 3.72. The third-order valence-electron chi connectivity index (χ3n) is 5.40. The van der Waals surface area contributed by atoms with Gasteiger partial charge in [-0.05, 0) is 50.2 Å². The Balaban J connectivity index is 1.46. The maximum atomic E-state index is 13.3. The van der Waals surface area contributed by atoms with Gasteiger partial charge in [0.15, 0.2) is 5.60 Å². The third kappa shape index (κ3) is 4.75. The molecule has 32 heavy (non-hydrogen) atoms. The van der Waals surface area contributed by atoms with Crippen molar-refractivity contribution >= 4 is 5.91 Å². The number of hydrogen-bond acceptors (Lipinski definition) is 6. The summed E-state index contributed by atoms with van der Waals surface area (Å²) in [6, 6.07) is 13.0. The van der Waals surface area contributed by atoms with E-state index < -0.39 is 5.60 Å². The number of benzene rings is 1. The molecule has 1 aliphatic rings. The predicted molar refractivity (Wildman–Crippen MR) is 119 cm³/mol. The average molecular weight is 437 g/mol. The molecule has 0 spiro atoms. The summed E-state index contributed by atoms with van der Waals surface area (Å²) >= 11 is 0. The topological polar surface area (TPSA) is 78.7 Å². The minimum Gasteiger partial charge on any atom is -0.497 e. The summed E-state index contributed by atoms with van der Waals surface area (Å²) in [6.45, 7) is 4.93. The van der Waals surface area contributed by atoms with Gasteiger partial charge < -0.3 is 19.1 Å². The summed E-state index contributed by atoms with van der Waals surface area (Å²) < 4.78 is 18.9. The van der Waals surface area contributed by atoms with Crippen molar-refractivity contribution in [1.82, 2.24) is 19.7 Å². The van der Waals surface area contributed by atoms with E-state index in [-0.39, 0.29) is 12.0 Å². The second-order valence-electron chi connectivity index (χ2n) is 8.25. The summed E-state index contributed by atoms with van der Waals surface area (Å²) in [5.41, 5.74) is 1.53. The van der Waals surface area contributed by atoms with Crippen molar-refractivity contribution in [3.8, 4) is 22.8 Å². The van der Waals surface area contributed by atoms with Gasteiger partial charge in [-0.25, -0.2) is 4.98 Å². The van der Waals surface area contributed by atoms with Gasteiger partial charge in [0, 0.05) is 25.4 Å². The molecule has 2 aromatic heterocycles. The normalized spacial score (nSPS) is 16.6. The van der Waals surface area contributed by atoms with E-state index in [0.717, 1.165) is 22.7 Å². The second kappa shape index (κ2) is 9.00. The van der Waals surface area contributed by atoms with E-state index in [0.29, 0.717) is 25.4 Å². The van der Waals surface area contributed by atoms with Gasteiger partial charge in [-0.1, -0.05) is 6.07 Å². The van der Waals surface area contributed by atoms with Gasteiger partial charge in [-0.15, -0.1) is 0 Å². The van der Waals surface area contributed by atoms with Crippen molar-refractivity contribution in [1.29, 1.82) is 0 Å². The van der Waals surface area contributed by atoms with Crippen LogP contribution in [0.1, 0.15) is 25.6 Å². The smallest absolute Gasteiger partial charge is 0.266 e. The highest BCUT2D eigenvalue weighted by Gasteiger charge is 2.37. The Bertz CT molecular complexity index is 1080. The molecule has 0 saturated carbocycles. The lowest BCUT2D eigenvalue weighted by Gasteiger charge is -2.37. The van der Waals surface area contributed by atoms with Crippen molar-refractivity contribution in [2.75, 3.05) is 26.8 Å². The van der Waals surface area contributed by atoms with Crippen molar-refractivity contribution in [3.05, 3.63) is 60.6 Å². The molecule has 168 valence electrons. The number of carbonyl (C=O) groups is 1. The number of ether oxygens (including phenoxy) is 3. The SMILES string of the molecule is COc1ccc(OC(C)(C)C(=O)N2CCOC(c3cccc(-c4cnn(C)c4)n3)C2)cc1. The lowest BCUT2D eigenvalue weighted by atomic mass is 10.1. The zero-order chi connectivity index (χ0) is 22.7. The number of carbonyl (C=O) groups excluding carboxylic acids is 1. The Morgan fingerprint density at radius 3 is 2.59 bits per heavy atom. The number of aromatic nitrogens is 3. The first-order valence-electron chi connectivity index (χ1n) is 10.6. The molecule has 8 nitrogen and oxygen atoms in total. The molecular formula is C24H28N4O4. The standard InChI is InChI=1S/C24H28N4O4/c1-24(2,32-19-10-8-18(30-4)9-11-19)23(29)28-12-13-31-22(16-28)21-7-5-6-20(26-21)17-14-25-27(3)15-17/h5-11,14-15,22H,12-13,16H2,1-4H3. The van der Waals surface area contributed by atoms with Gasteiger partial charge in [-0.3, -0.25) is 9.48 Å². The highest BCUT2D eigenvalue weighted by atomic mass is 16.5. The zero-order valence-electron chi connectivity index (χ0n) is 18.8. The zero-order valence-corrected chi connectivity index (χ0v) is 18.8. The number of methoxy groups -OCH3 is 1. The van der Waals surface area contributed by atoms with Crippen molar-refractivity contribution in [2.24, 2.45) is 7.05 Å². The molecule has 0 N–H and O–H groups in total. The van der Waals surface area contributed by atoms with E-state index in [4.69, 9.17) is 19.2 Å². The largest absolute Gasteiger partial charge is 0.497 e. The molecule has 0 bridgehead atoms. The molecule has 0 aliphatic carbocycles. The van der Waals surface area contributed by atoms with Crippen LogP contribution in [0.4, 0.5) is 0 Å². The van der Waals surface area contributed by atoms with Crippen LogP contribution >= 0.6 is 0 Å². The third-order valence-corrected chi connectivity index (χ3v) is 5.40. The molecule has 1 amide bonds. The molecule has 1 unspecified atom stereocenters. The first kappa shape index (κ1) is 21.8.